The van der Waals surface area contributed by atoms with Crippen molar-refractivity contribution in [3.8, 4) is 5.75 Å². The Kier molecular flexibility index (Phi) is 5.67. The summed E-state index contributed by atoms with van der Waals surface area (Å²) in [5.41, 5.74) is 2.97. The van der Waals surface area contributed by atoms with Crippen molar-refractivity contribution >= 4 is 12.4 Å². The summed E-state index contributed by atoms with van der Waals surface area (Å²) in [6.45, 7) is 8.27. The van der Waals surface area contributed by atoms with Crippen molar-refractivity contribution in [2.24, 2.45) is 0 Å². The summed E-state index contributed by atoms with van der Waals surface area (Å²) in [5.74, 6) is 1.34. The molecule has 2 heterocycles. The number of aromatic nitrogens is 2. The lowest BCUT2D eigenvalue weighted by molar-refractivity contribution is 0.294. The normalized spacial score (nSPS) is 13.8. The van der Waals surface area contributed by atoms with Gasteiger partial charge in [0.2, 0.25) is 0 Å². The van der Waals surface area contributed by atoms with Gasteiger partial charge in [0.1, 0.15) is 18.2 Å². The van der Waals surface area contributed by atoms with Crippen LogP contribution in [0.1, 0.15) is 43.4 Å². The molecule has 24 heavy (non-hydrogen) atoms. The van der Waals surface area contributed by atoms with Crippen LogP contribution in [0.3, 0.4) is 0 Å². The molecule has 1 aromatic heterocycles. The summed E-state index contributed by atoms with van der Waals surface area (Å²) < 4.78 is 5.75. The largest absolute Gasteiger partial charge is 0.486 e. The molecular formula is C18H24ClN3O2. The number of ether oxygens (including phenoxy) is 1. The second kappa shape index (κ2) is 7.36. The molecule has 2 N–H and O–H groups in total. The maximum atomic E-state index is 12.1. The van der Waals surface area contributed by atoms with Crippen LogP contribution in [0.4, 0.5) is 0 Å². The second-order valence-electron chi connectivity index (χ2n) is 6.93. The van der Waals surface area contributed by atoms with Crippen LogP contribution in [0.25, 0.3) is 0 Å². The van der Waals surface area contributed by atoms with E-state index in [1.807, 2.05) is 12.1 Å². The Morgan fingerprint density at radius 2 is 1.92 bits per heavy atom. The maximum absolute atomic E-state index is 12.1. The molecule has 0 bridgehead atoms. The Hall–Kier alpha value is -1.85. The Bertz CT molecular complexity index is 748. The molecule has 130 valence electrons. The van der Waals surface area contributed by atoms with Crippen LogP contribution in [-0.2, 0) is 25.0 Å². The van der Waals surface area contributed by atoms with Crippen LogP contribution in [0.2, 0.25) is 0 Å². The SMILES string of the molecule is CC(C)(C)c1ccc(OCc2nc3c(c(=O)[nH]2)CCNC3)cc1.Cl. The number of nitrogens with zero attached hydrogens (tertiary/aromatic N) is 1. The highest BCUT2D eigenvalue weighted by molar-refractivity contribution is 5.85. The Morgan fingerprint density at radius 3 is 2.58 bits per heavy atom. The fourth-order valence-corrected chi connectivity index (χ4v) is 2.69. The van der Waals surface area contributed by atoms with E-state index in [9.17, 15) is 4.79 Å². The van der Waals surface area contributed by atoms with Gasteiger partial charge in [0.15, 0.2) is 0 Å². The van der Waals surface area contributed by atoms with E-state index in [1.165, 1.54) is 5.56 Å². The van der Waals surface area contributed by atoms with E-state index < -0.39 is 0 Å². The molecule has 5 nitrogen and oxygen atoms in total. The van der Waals surface area contributed by atoms with Gasteiger partial charge in [-0.2, -0.15) is 0 Å². The van der Waals surface area contributed by atoms with E-state index >= 15 is 0 Å². The van der Waals surface area contributed by atoms with Crippen LogP contribution in [0.15, 0.2) is 29.1 Å². The molecule has 1 aromatic carbocycles. The minimum Gasteiger partial charge on any atom is -0.486 e. The van der Waals surface area contributed by atoms with E-state index in [0.29, 0.717) is 12.4 Å². The van der Waals surface area contributed by atoms with Crippen molar-refractivity contribution in [2.75, 3.05) is 6.54 Å². The summed E-state index contributed by atoms with van der Waals surface area (Å²) in [7, 11) is 0. The molecular weight excluding hydrogens is 326 g/mol. The first-order valence-electron chi connectivity index (χ1n) is 7.98. The fraction of sp³-hybridized carbons (Fsp3) is 0.444. The van der Waals surface area contributed by atoms with Gasteiger partial charge in [0.25, 0.3) is 5.56 Å². The molecule has 0 atom stereocenters. The van der Waals surface area contributed by atoms with Crippen molar-refractivity contribution in [2.45, 2.75) is 45.8 Å². The average Bonchev–Trinajstić information content (AvgIpc) is 2.52. The first-order valence-corrected chi connectivity index (χ1v) is 7.98. The Labute approximate surface area is 148 Å². The van der Waals surface area contributed by atoms with Crippen molar-refractivity contribution < 1.29 is 4.74 Å². The van der Waals surface area contributed by atoms with Gasteiger partial charge in [-0.1, -0.05) is 32.9 Å². The van der Waals surface area contributed by atoms with Crippen LogP contribution < -0.4 is 15.6 Å². The van der Waals surface area contributed by atoms with Crippen LogP contribution in [0.5, 0.6) is 5.75 Å². The van der Waals surface area contributed by atoms with Gasteiger partial charge in [0.05, 0.1) is 5.69 Å². The standard InChI is InChI=1S/C18H23N3O2.ClH/c1-18(2,3)12-4-6-13(7-5-12)23-11-16-20-15-10-19-9-8-14(15)17(22)21-16;/h4-7,19H,8-11H2,1-3H3,(H,20,21,22);1H. The molecule has 1 aliphatic rings. The van der Waals surface area contributed by atoms with Gasteiger partial charge in [-0.05, 0) is 36.1 Å². The lowest BCUT2D eigenvalue weighted by Crippen LogP contribution is -2.32. The lowest BCUT2D eigenvalue weighted by atomic mass is 9.87. The smallest absolute Gasteiger partial charge is 0.254 e. The first-order chi connectivity index (χ1) is 10.9. The van der Waals surface area contributed by atoms with Crippen molar-refractivity contribution in [3.63, 3.8) is 0 Å². The number of hydrogen-bond acceptors (Lipinski definition) is 4. The van der Waals surface area contributed by atoms with E-state index in [1.54, 1.807) is 0 Å². The van der Waals surface area contributed by atoms with E-state index in [-0.39, 0.29) is 30.0 Å². The Balaban J connectivity index is 0.00000208. The number of nitrogens with one attached hydrogen (secondary N) is 2. The van der Waals surface area contributed by atoms with Gasteiger partial charge >= 0.3 is 0 Å². The minimum absolute atomic E-state index is 0. The molecule has 0 unspecified atom stereocenters. The Morgan fingerprint density at radius 1 is 1.21 bits per heavy atom. The van der Waals surface area contributed by atoms with E-state index in [0.717, 1.165) is 30.0 Å². The predicted molar refractivity (Wildman–Crippen MR) is 97.0 cm³/mol. The third-order valence-electron chi connectivity index (χ3n) is 4.09. The minimum atomic E-state index is -0.0434. The molecule has 0 spiro atoms. The van der Waals surface area contributed by atoms with Crippen molar-refractivity contribution in [3.05, 3.63) is 57.3 Å². The van der Waals surface area contributed by atoms with Gasteiger partial charge in [-0.3, -0.25) is 4.79 Å². The highest BCUT2D eigenvalue weighted by Crippen LogP contribution is 2.24. The first kappa shape index (κ1) is 18.5. The third kappa shape index (κ3) is 4.16. The van der Waals surface area contributed by atoms with Crippen LogP contribution in [0, 0.1) is 0 Å². The molecule has 0 saturated heterocycles. The van der Waals surface area contributed by atoms with Crippen molar-refractivity contribution in [1.82, 2.24) is 15.3 Å². The highest BCUT2D eigenvalue weighted by atomic mass is 35.5. The summed E-state index contributed by atoms with van der Waals surface area (Å²) in [5, 5.41) is 3.23. The molecule has 2 aromatic rings. The van der Waals surface area contributed by atoms with Gasteiger partial charge in [-0.25, -0.2) is 4.98 Å². The van der Waals surface area contributed by atoms with E-state index in [2.05, 4.69) is 48.2 Å². The maximum Gasteiger partial charge on any atom is 0.254 e. The molecule has 0 aliphatic carbocycles. The summed E-state index contributed by atoms with van der Waals surface area (Å²) >= 11 is 0. The van der Waals surface area contributed by atoms with Crippen LogP contribution in [-0.4, -0.2) is 16.5 Å². The molecule has 0 saturated carbocycles. The average molecular weight is 350 g/mol. The zero-order chi connectivity index (χ0) is 16.4. The highest BCUT2D eigenvalue weighted by Gasteiger charge is 2.16. The van der Waals surface area contributed by atoms with E-state index in [4.69, 9.17) is 4.74 Å². The number of halogens is 1. The van der Waals surface area contributed by atoms with Gasteiger partial charge < -0.3 is 15.0 Å². The molecule has 0 radical (unpaired) electrons. The number of H-pyrrole nitrogens is 1. The zero-order valence-electron chi connectivity index (χ0n) is 14.3. The molecule has 6 heteroatoms. The third-order valence-corrected chi connectivity index (χ3v) is 4.09. The molecule has 0 fully saturated rings. The molecule has 1 aliphatic heterocycles. The van der Waals surface area contributed by atoms with Gasteiger partial charge in [0, 0.05) is 12.1 Å². The summed E-state index contributed by atoms with van der Waals surface area (Å²) in [6, 6.07) is 8.06. The zero-order valence-corrected chi connectivity index (χ0v) is 15.1. The number of aromatic amines is 1. The number of hydrogen-bond donors (Lipinski definition) is 2. The number of fused-ring (bicyclic) bond motifs is 1. The van der Waals surface area contributed by atoms with Gasteiger partial charge in [-0.15, -0.1) is 12.4 Å². The number of rotatable bonds is 3. The number of benzene rings is 1. The fourth-order valence-electron chi connectivity index (χ4n) is 2.69. The second-order valence-corrected chi connectivity index (χ2v) is 6.93. The molecule has 3 rings (SSSR count). The monoisotopic (exact) mass is 349 g/mol. The summed E-state index contributed by atoms with van der Waals surface area (Å²) in [4.78, 5) is 19.4. The lowest BCUT2D eigenvalue weighted by Gasteiger charge is -2.19. The van der Waals surface area contributed by atoms with Crippen molar-refractivity contribution in [1.29, 1.82) is 0 Å². The molecule has 0 amide bonds. The summed E-state index contributed by atoms with van der Waals surface area (Å²) in [6.07, 6.45) is 0.729. The topological polar surface area (TPSA) is 67.0 Å². The predicted octanol–water partition coefficient (Wildman–Crippen LogP) is 2.71. The van der Waals surface area contributed by atoms with Crippen LogP contribution >= 0.6 is 12.4 Å². The quantitative estimate of drug-likeness (QED) is 0.894.